The molecule has 0 bridgehead atoms. The second-order valence-electron chi connectivity index (χ2n) is 11.2. The van der Waals surface area contributed by atoms with Gasteiger partial charge in [0.25, 0.3) is 0 Å². The molecule has 0 N–H and O–H groups in total. The summed E-state index contributed by atoms with van der Waals surface area (Å²) in [5.41, 5.74) is 7.88. The Kier molecular flexibility index (Phi) is 12.1. The minimum Gasteiger partial charge on any atom is -0.294 e. The van der Waals surface area contributed by atoms with Crippen molar-refractivity contribution in [2.45, 2.75) is 130 Å². The Morgan fingerprint density at radius 1 is 0.714 bits per heavy atom. The summed E-state index contributed by atoms with van der Waals surface area (Å²) in [5.74, 6) is 1.13. The van der Waals surface area contributed by atoms with Gasteiger partial charge in [0.2, 0.25) is 0 Å². The van der Waals surface area contributed by atoms with Crippen molar-refractivity contribution in [2.75, 3.05) is 0 Å². The second kappa shape index (κ2) is 15.3. The standard InChI is InChI=1S/C34H50O/c1-4-6-8-10-12-14-16-27(3)18-19-28-20-22-32-30(24-28)26-31-25-29(21-23-33(31)32)34(35)17-15-13-11-9-7-5-2/h20-25,27H,4-19,26H2,1-3H3. The molecule has 0 saturated carbocycles. The van der Waals surface area contributed by atoms with Gasteiger partial charge in [-0.3, -0.25) is 4.79 Å². The normalized spacial score (nSPS) is 13.0. The van der Waals surface area contributed by atoms with Crippen LogP contribution in [0.5, 0.6) is 0 Å². The third kappa shape index (κ3) is 8.93. The molecule has 0 amide bonds. The lowest BCUT2D eigenvalue weighted by Gasteiger charge is -2.12. The van der Waals surface area contributed by atoms with E-state index in [2.05, 4.69) is 57.2 Å². The number of carbonyl (C=O) groups is 1. The summed E-state index contributed by atoms with van der Waals surface area (Å²) in [6.45, 7) is 6.96. The number of hydrogen-bond donors (Lipinski definition) is 0. The molecule has 0 aliphatic heterocycles. The third-order valence-electron chi connectivity index (χ3n) is 8.00. The van der Waals surface area contributed by atoms with Crippen LogP contribution >= 0.6 is 0 Å². The first kappa shape index (κ1) is 27.7. The Bertz CT molecular complexity index is 909. The zero-order valence-corrected chi connectivity index (χ0v) is 23.0. The van der Waals surface area contributed by atoms with Gasteiger partial charge in [-0.15, -0.1) is 0 Å². The number of aryl methyl sites for hydroxylation is 1. The molecule has 2 aromatic carbocycles. The number of rotatable bonds is 18. The van der Waals surface area contributed by atoms with E-state index in [1.165, 1.54) is 118 Å². The lowest BCUT2D eigenvalue weighted by molar-refractivity contribution is 0.0979. The van der Waals surface area contributed by atoms with Gasteiger partial charge in [0.1, 0.15) is 0 Å². The SMILES string of the molecule is CCCCCCCCC(=O)c1ccc2c(c1)Cc1cc(CCC(C)CCCCCCCC)ccc1-2. The van der Waals surface area contributed by atoms with Crippen LogP contribution in [0.4, 0.5) is 0 Å². The number of ketones is 1. The molecule has 1 nitrogen and oxygen atoms in total. The summed E-state index contributed by atoms with van der Waals surface area (Å²) in [4.78, 5) is 12.8. The smallest absolute Gasteiger partial charge is 0.162 e. The topological polar surface area (TPSA) is 17.1 Å². The van der Waals surface area contributed by atoms with Gasteiger partial charge < -0.3 is 0 Å². The summed E-state index contributed by atoms with van der Waals surface area (Å²) < 4.78 is 0. The Balaban J connectivity index is 1.45. The molecule has 0 fully saturated rings. The van der Waals surface area contributed by atoms with Crippen LogP contribution in [0.3, 0.4) is 0 Å². The number of Topliss-reactive ketones (excluding diaryl/α,β-unsaturated/α-hetero) is 1. The van der Waals surface area contributed by atoms with Crippen LogP contribution < -0.4 is 0 Å². The molecule has 35 heavy (non-hydrogen) atoms. The molecule has 0 radical (unpaired) electrons. The Morgan fingerprint density at radius 2 is 1.31 bits per heavy atom. The fourth-order valence-electron chi connectivity index (χ4n) is 5.63. The van der Waals surface area contributed by atoms with E-state index in [0.29, 0.717) is 12.2 Å². The predicted octanol–water partition coefficient (Wildman–Crippen LogP) is 10.5. The van der Waals surface area contributed by atoms with Crippen LogP contribution in [0.2, 0.25) is 0 Å². The van der Waals surface area contributed by atoms with Gasteiger partial charge in [0, 0.05) is 12.0 Å². The van der Waals surface area contributed by atoms with Crippen molar-refractivity contribution in [1.29, 1.82) is 0 Å². The molecule has 0 aromatic heterocycles. The van der Waals surface area contributed by atoms with E-state index in [-0.39, 0.29) is 0 Å². The minimum atomic E-state index is 0.319. The summed E-state index contributed by atoms with van der Waals surface area (Å²) in [6.07, 6.45) is 21.3. The summed E-state index contributed by atoms with van der Waals surface area (Å²) in [7, 11) is 0. The predicted molar refractivity (Wildman–Crippen MR) is 152 cm³/mol. The highest BCUT2D eigenvalue weighted by atomic mass is 16.1. The molecule has 0 heterocycles. The number of benzene rings is 2. The van der Waals surface area contributed by atoms with Crippen LogP contribution in [-0.4, -0.2) is 5.78 Å². The molecule has 0 spiro atoms. The average Bonchev–Trinajstić information content (AvgIpc) is 3.23. The van der Waals surface area contributed by atoms with Gasteiger partial charge >= 0.3 is 0 Å². The maximum absolute atomic E-state index is 12.8. The van der Waals surface area contributed by atoms with E-state index < -0.39 is 0 Å². The van der Waals surface area contributed by atoms with Crippen LogP contribution in [0, 0.1) is 5.92 Å². The van der Waals surface area contributed by atoms with Crippen LogP contribution in [0.1, 0.15) is 144 Å². The zero-order valence-electron chi connectivity index (χ0n) is 23.0. The largest absolute Gasteiger partial charge is 0.294 e. The maximum atomic E-state index is 12.8. The maximum Gasteiger partial charge on any atom is 0.162 e. The molecule has 192 valence electrons. The van der Waals surface area contributed by atoms with Gasteiger partial charge in [-0.05, 0) is 65.5 Å². The first-order valence-corrected chi connectivity index (χ1v) is 14.9. The van der Waals surface area contributed by atoms with E-state index in [1.54, 1.807) is 0 Å². The van der Waals surface area contributed by atoms with Gasteiger partial charge in [0.15, 0.2) is 5.78 Å². The summed E-state index contributed by atoms with van der Waals surface area (Å²) in [5, 5.41) is 0. The van der Waals surface area contributed by atoms with E-state index in [0.717, 1.165) is 24.3 Å². The molecule has 1 aliphatic carbocycles. The molecule has 0 saturated heterocycles. The fourth-order valence-corrected chi connectivity index (χ4v) is 5.63. The van der Waals surface area contributed by atoms with Crippen molar-refractivity contribution in [3.8, 4) is 11.1 Å². The van der Waals surface area contributed by atoms with Gasteiger partial charge in [-0.1, -0.05) is 128 Å². The van der Waals surface area contributed by atoms with Crippen LogP contribution in [-0.2, 0) is 12.8 Å². The van der Waals surface area contributed by atoms with Crippen molar-refractivity contribution < 1.29 is 4.79 Å². The van der Waals surface area contributed by atoms with E-state index in [1.807, 2.05) is 0 Å². The molecule has 1 aliphatic rings. The molecule has 1 atom stereocenters. The number of unbranched alkanes of at least 4 members (excludes halogenated alkanes) is 10. The van der Waals surface area contributed by atoms with Crippen molar-refractivity contribution in [1.82, 2.24) is 0 Å². The summed E-state index contributed by atoms with van der Waals surface area (Å²) >= 11 is 0. The molecule has 1 unspecified atom stereocenters. The Morgan fingerprint density at radius 3 is 2.03 bits per heavy atom. The molecule has 3 rings (SSSR count). The van der Waals surface area contributed by atoms with Gasteiger partial charge in [0.05, 0.1) is 0 Å². The first-order chi connectivity index (χ1) is 17.1. The van der Waals surface area contributed by atoms with E-state index in [9.17, 15) is 4.79 Å². The lowest BCUT2D eigenvalue weighted by atomic mass is 9.94. The number of carbonyl (C=O) groups excluding carboxylic acids is 1. The van der Waals surface area contributed by atoms with Gasteiger partial charge in [-0.25, -0.2) is 0 Å². The molecule has 2 aromatic rings. The van der Waals surface area contributed by atoms with Gasteiger partial charge in [-0.2, -0.15) is 0 Å². The number of fused-ring (bicyclic) bond motifs is 3. The third-order valence-corrected chi connectivity index (χ3v) is 8.00. The van der Waals surface area contributed by atoms with Crippen molar-refractivity contribution >= 4 is 5.78 Å². The summed E-state index contributed by atoms with van der Waals surface area (Å²) in [6, 6.07) is 13.5. The number of hydrogen-bond acceptors (Lipinski definition) is 1. The van der Waals surface area contributed by atoms with E-state index >= 15 is 0 Å². The minimum absolute atomic E-state index is 0.319. The highest BCUT2D eigenvalue weighted by Crippen LogP contribution is 2.38. The highest BCUT2D eigenvalue weighted by Gasteiger charge is 2.20. The van der Waals surface area contributed by atoms with E-state index in [4.69, 9.17) is 0 Å². The molecular weight excluding hydrogens is 424 g/mol. The van der Waals surface area contributed by atoms with Crippen LogP contribution in [0.25, 0.3) is 11.1 Å². The monoisotopic (exact) mass is 474 g/mol. The van der Waals surface area contributed by atoms with Crippen molar-refractivity contribution in [2.24, 2.45) is 5.92 Å². The molecular formula is C34H50O. The lowest BCUT2D eigenvalue weighted by Crippen LogP contribution is -2.00. The Hall–Kier alpha value is -1.89. The second-order valence-corrected chi connectivity index (χ2v) is 11.2. The quantitative estimate of drug-likeness (QED) is 0.132. The average molecular weight is 475 g/mol. The first-order valence-electron chi connectivity index (χ1n) is 14.9. The molecule has 1 heteroatoms. The highest BCUT2D eigenvalue weighted by molar-refractivity contribution is 5.97. The van der Waals surface area contributed by atoms with Crippen LogP contribution in [0.15, 0.2) is 36.4 Å². The van der Waals surface area contributed by atoms with Crippen molar-refractivity contribution in [3.63, 3.8) is 0 Å². The van der Waals surface area contributed by atoms with Crippen molar-refractivity contribution in [3.05, 3.63) is 58.7 Å². The Labute approximate surface area is 216 Å². The fraction of sp³-hybridized carbons (Fsp3) is 0.618. The zero-order chi connectivity index (χ0) is 24.9.